The zero-order valence-electron chi connectivity index (χ0n) is 10.6. The molecule has 4 nitrogen and oxygen atoms in total. The maximum Gasteiger partial charge on any atom is 0.573 e. The van der Waals surface area contributed by atoms with Crippen LogP contribution in [0.4, 0.5) is 18.3 Å². The van der Waals surface area contributed by atoms with Crippen LogP contribution in [0.1, 0.15) is 17.5 Å². The number of anilines is 1. The molecule has 1 heterocycles. The summed E-state index contributed by atoms with van der Waals surface area (Å²) in [6, 6.07) is 5.99. The van der Waals surface area contributed by atoms with Crippen LogP contribution in [0.25, 0.3) is 0 Å². The van der Waals surface area contributed by atoms with Crippen molar-refractivity contribution in [2.75, 3.05) is 5.32 Å². The molecule has 20 heavy (non-hydrogen) atoms. The van der Waals surface area contributed by atoms with Crippen LogP contribution >= 0.6 is 11.3 Å². The van der Waals surface area contributed by atoms with Gasteiger partial charge >= 0.3 is 6.36 Å². The second-order valence-corrected chi connectivity index (χ2v) is 4.93. The predicted octanol–water partition coefficient (Wildman–Crippen LogP) is 3.61. The lowest BCUT2D eigenvalue weighted by molar-refractivity contribution is -0.274. The lowest BCUT2D eigenvalue weighted by atomic mass is 10.2. The van der Waals surface area contributed by atoms with Gasteiger partial charge in [-0.3, -0.25) is 0 Å². The molecular weight excluding hydrogens is 291 g/mol. The number of aryl methyl sites for hydroxylation is 1. The molecule has 1 N–H and O–H groups in total. The summed E-state index contributed by atoms with van der Waals surface area (Å²) >= 11 is 1.37. The number of ether oxygens (including phenoxy) is 1. The molecule has 108 valence electrons. The highest BCUT2D eigenvalue weighted by Crippen LogP contribution is 2.27. The normalized spacial score (nSPS) is 11.4. The van der Waals surface area contributed by atoms with Gasteiger partial charge in [-0.2, -0.15) is 0 Å². The molecule has 0 amide bonds. The number of halogens is 3. The van der Waals surface area contributed by atoms with Crippen molar-refractivity contribution in [1.29, 1.82) is 0 Å². The van der Waals surface area contributed by atoms with E-state index in [9.17, 15) is 13.2 Å². The van der Waals surface area contributed by atoms with E-state index in [4.69, 9.17) is 0 Å². The molecule has 0 unspecified atom stereocenters. The molecule has 0 saturated carbocycles. The van der Waals surface area contributed by atoms with E-state index >= 15 is 0 Å². The van der Waals surface area contributed by atoms with Gasteiger partial charge in [0.1, 0.15) is 10.8 Å². The van der Waals surface area contributed by atoms with Crippen LogP contribution in [0.3, 0.4) is 0 Å². The Labute approximate surface area is 117 Å². The average Bonchev–Trinajstić information content (AvgIpc) is 2.84. The predicted molar refractivity (Wildman–Crippen MR) is 69.7 cm³/mol. The molecule has 0 spiro atoms. The lowest BCUT2D eigenvalue weighted by Gasteiger charge is -2.13. The van der Waals surface area contributed by atoms with Crippen LogP contribution in [0.15, 0.2) is 24.3 Å². The third kappa shape index (κ3) is 4.09. The maximum atomic E-state index is 12.3. The number of nitrogens with one attached hydrogen (secondary N) is 1. The molecule has 0 fully saturated rings. The molecule has 1 aromatic heterocycles. The molecule has 0 radical (unpaired) electrons. The Kier molecular flexibility index (Phi) is 4.43. The highest BCUT2D eigenvalue weighted by Gasteiger charge is 2.31. The van der Waals surface area contributed by atoms with Gasteiger partial charge in [-0.15, -0.1) is 23.4 Å². The second-order valence-electron chi connectivity index (χ2n) is 3.86. The fourth-order valence-electron chi connectivity index (χ4n) is 1.51. The van der Waals surface area contributed by atoms with Gasteiger partial charge in [0.25, 0.3) is 0 Å². The number of nitrogens with zero attached hydrogens (tertiary/aromatic N) is 2. The molecule has 0 aliphatic carbocycles. The number of rotatable bonds is 5. The number of para-hydroxylation sites is 1. The highest BCUT2D eigenvalue weighted by molar-refractivity contribution is 7.15. The van der Waals surface area contributed by atoms with Crippen LogP contribution in [-0.4, -0.2) is 16.6 Å². The standard InChI is InChI=1S/C12H12F3N3OS/c1-2-10-17-18-11(20-10)16-7-8-5-3-4-6-9(8)19-12(13,14)15/h3-6H,2,7H2,1H3,(H,16,18). The van der Waals surface area contributed by atoms with E-state index in [-0.39, 0.29) is 12.3 Å². The zero-order chi connectivity index (χ0) is 14.6. The monoisotopic (exact) mass is 303 g/mol. The molecule has 0 bridgehead atoms. The van der Waals surface area contributed by atoms with Crippen LogP contribution in [0, 0.1) is 0 Å². The van der Waals surface area contributed by atoms with Gasteiger partial charge in [0, 0.05) is 12.1 Å². The molecule has 1 aromatic carbocycles. The fourth-order valence-corrected chi connectivity index (χ4v) is 2.19. The van der Waals surface area contributed by atoms with Crippen molar-refractivity contribution in [3.8, 4) is 5.75 Å². The first-order valence-corrected chi connectivity index (χ1v) is 6.69. The molecule has 2 aromatic rings. The van der Waals surface area contributed by atoms with Crippen molar-refractivity contribution >= 4 is 16.5 Å². The summed E-state index contributed by atoms with van der Waals surface area (Å²) in [5.41, 5.74) is 0.401. The lowest BCUT2D eigenvalue weighted by Crippen LogP contribution is -2.18. The Morgan fingerprint density at radius 3 is 2.65 bits per heavy atom. The summed E-state index contributed by atoms with van der Waals surface area (Å²) < 4.78 is 40.8. The van der Waals surface area contributed by atoms with Crippen LogP contribution in [0.5, 0.6) is 5.75 Å². The van der Waals surface area contributed by atoms with Crippen molar-refractivity contribution in [1.82, 2.24) is 10.2 Å². The van der Waals surface area contributed by atoms with Gasteiger partial charge in [0.05, 0.1) is 0 Å². The minimum Gasteiger partial charge on any atom is -0.405 e. The molecule has 8 heteroatoms. The van der Waals surface area contributed by atoms with Gasteiger partial charge in [0.15, 0.2) is 0 Å². The van der Waals surface area contributed by atoms with Crippen molar-refractivity contribution in [3.63, 3.8) is 0 Å². The summed E-state index contributed by atoms with van der Waals surface area (Å²) in [5, 5.41) is 12.2. The second kappa shape index (κ2) is 6.08. The van der Waals surface area contributed by atoms with Gasteiger partial charge in [-0.1, -0.05) is 36.5 Å². The summed E-state index contributed by atoms with van der Waals surface area (Å²) in [6.07, 6.45) is -3.93. The van der Waals surface area contributed by atoms with E-state index in [0.29, 0.717) is 10.7 Å². The van der Waals surface area contributed by atoms with E-state index in [0.717, 1.165) is 11.4 Å². The molecule has 0 atom stereocenters. The first kappa shape index (κ1) is 14.6. The Balaban J connectivity index is 2.05. The quantitative estimate of drug-likeness (QED) is 0.916. The van der Waals surface area contributed by atoms with E-state index in [1.54, 1.807) is 12.1 Å². The maximum absolute atomic E-state index is 12.3. The highest BCUT2D eigenvalue weighted by atomic mass is 32.1. The number of aromatic nitrogens is 2. The van der Waals surface area contributed by atoms with Gasteiger partial charge in [-0.05, 0) is 12.5 Å². The minimum atomic E-state index is -4.70. The first-order valence-electron chi connectivity index (χ1n) is 5.88. The molecule has 2 rings (SSSR count). The fraction of sp³-hybridized carbons (Fsp3) is 0.333. The number of hydrogen-bond donors (Lipinski definition) is 1. The zero-order valence-corrected chi connectivity index (χ0v) is 11.4. The average molecular weight is 303 g/mol. The Hall–Kier alpha value is -1.83. The largest absolute Gasteiger partial charge is 0.573 e. The molecule has 0 aliphatic rings. The van der Waals surface area contributed by atoms with Crippen molar-refractivity contribution in [2.24, 2.45) is 0 Å². The van der Waals surface area contributed by atoms with Gasteiger partial charge in [0.2, 0.25) is 5.13 Å². The van der Waals surface area contributed by atoms with Gasteiger partial charge < -0.3 is 10.1 Å². The number of hydrogen-bond acceptors (Lipinski definition) is 5. The van der Waals surface area contributed by atoms with E-state index < -0.39 is 6.36 Å². The number of alkyl halides is 3. The van der Waals surface area contributed by atoms with Gasteiger partial charge in [-0.25, -0.2) is 0 Å². The van der Waals surface area contributed by atoms with E-state index in [1.165, 1.54) is 23.5 Å². The van der Waals surface area contributed by atoms with E-state index in [1.807, 2.05) is 6.92 Å². The molecular formula is C12H12F3N3OS. The summed E-state index contributed by atoms with van der Waals surface area (Å²) in [6.45, 7) is 2.14. The van der Waals surface area contributed by atoms with Crippen molar-refractivity contribution in [2.45, 2.75) is 26.3 Å². The summed E-state index contributed by atoms with van der Waals surface area (Å²) in [4.78, 5) is 0. The van der Waals surface area contributed by atoms with Crippen LogP contribution in [-0.2, 0) is 13.0 Å². The minimum absolute atomic E-state index is 0.185. The van der Waals surface area contributed by atoms with Crippen LogP contribution in [0.2, 0.25) is 0 Å². The van der Waals surface area contributed by atoms with E-state index in [2.05, 4.69) is 20.3 Å². The topological polar surface area (TPSA) is 47.0 Å². The Bertz CT molecular complexity index is 571. The Morgan fingerprint density at radius 1 is 1.25 bits per heavy atom. The first-order chi connectivity index (χ1) is 9.48. The molecule has 0 aliphatic heterocycles. The Morgan fingerprint density at radius 2 is 2.00 bits per heavy atom. The number of benzene rings is 1. The smallest absolute Gasteiger partial charge is 0.405 e. The third-order valence-electron chi connectivity index (χ3n) is 2.40. The molecule has 0 saturated heterocycles. The van der Waals surface area contributed by atoms with Crippen molar-refractivity contribution in [3.05, 3.63) is 34.8 Å². The summed E-state index contributed by atoms with van der Waals surface area (Å²) in [5.74, 6) is -0.215. The summed E-state index contributed by atoms with van der Waals surface area (Å²) in [7, 11) is 0. The van der Waals surface area contributed by atoms with Crippen LogP contribution < -0.4 is 10.1 Å². The SMILES string of the molecule is CCc1nnc(NCc2ccccc2OC(F)(F)F)s1. The third-order valence-corrected chi connectivity index (χ3v) is 3.42. The van der Waals surface area contributed by atoms with Crippen molar-refractivity contribution < 1.29 is 17.9 Å².